The van der Waals surface area contributed by atoms with Gasteiger partial charge in [-0.3, -0.25) is 4.79 Å². The summed E-state index contributed by atoms with van der Waals surface area (Å²) >= 11 is 7.81. The number of rotatable bonds is 4. The summed E-state index contributed by atoms with van der Waals surface area (Å²) < 4.78 is 6.06. The van der Waals surface area contributed by atoms with Gasteiger partial charge in [-0.15, -0.1) is 11.3 Å². The molecular weight excluding hydrogens is 334 g/mol. The van der Waals surface area contributed by atoms with E-state index in [1.54, 1.807) is 11.0 Å². The maximum Gasteiger partial charge on any atom is 0.331 e. The van der Waals surface area contributed by atoms with Gasteiger partial charge in [-0.05, 0) is 25.0 Å². The van der Waals surface area contributed by atoms with Crippen molar-refractivity contribution in [1.82, 2.24) is 4.90 Å². The van der Waals surface area contributed by atoms with Crippen LogP contribution in [-0.4, -0.2) is 36.5 Å². The number of nitrogens with zero attached hydrogens (tertiary/aromatic N) is 1. The number of fused-ring (bicyclic) bond motifs is 1. The number of hydrogen-bond acceptors (Lipinski definition) is 4. The molecule has 0 N–H and O–H groups in total. The van der Waals surface area contributed by atoms with Gasteiger partial charge in [0.25, 0.3) is 5.91 Å². The Bertz CT molecular complexity index is 762. The normalized spacial score (nSPS) is 14.7. The largest absolute Gasteiger partial charge is 0.452 e. The highest BCUT2D eigenvalue weighted by atomic mass is 35.5. The smallest absolute Gasteiger partial charge is 0.331 e. The van der Waals surface area contributed by atoms with E-state index < -0.39 is 5.97 Å². The fourth-order valence-corrected chi connectivity index (χ4v) is 3.92. The Labute approximate surface area is 143 Å². The topological polar surface area (TPSA) is 46.6 Å². The number of thiophene rings is 1. The minimum absolute atomic E-state index is 0.135. The highest BCUT2D eigenvalue weighted by molar-refractivity contribution is 7.20. The molecule has 0 spiro atoms. The van der Waals surface area contributed by atoms with Crippen LogP contribution in [0.4, 0.5) is 0 Å². The number of halogens is 1. The van der Waals surface area contributed by atoms with Gasteiger partial charge in [-0.25, -0.2) is 4.79 Å². The summed E-state index contributed by atoms with van der Waals surface area (Å²) in [6.45, 7) is 1.30. The first-order valence-electron chi connectivity index (χ1n) is 7.45. The van der Waals surface area contributed by atoms with Crippen molar-refractivity contribution in [3.63, 3.8) is 0 Å². The number of esters is 1. The zero-order valence-corrected chi connectivity index (χ0v) is 14.0. The molecule has 0 bridgehead atoms. The van der Waals surface area contributed by atoms with Crippen LogP contribution < -0.4 is 0 Å². The number of hydrogen-bond donors (Lipinski definition) is 0. The molecule has 0 unspecified atom stereocenters. The lowest BCUT2D eigenvalue weighted by atomic mass is 10.2. The molecule has 4 nitrogen and oxygen atoms in total. The Balaban J connectivity index is 1.59. The third-order valence-electron chi connectivity index (χ3n) is 3.73. The second-order valence-electron chi connectivity index (χ2n) is 5.31. The average molecular weight is 350 g/mol. The highest BCUT2D eigenvalue weighted by Crippen LogP contribution is 2.35. The first kappa shape index (κ1) is 16.0. The van der Waals surface area contributed by atoms with Crippen molar-refractivity contribution in [1.29, 1.82) is 0 Å². The second-order valence-corrected chi connectivity index (χ2v) is 6.77. The molecule has 1 saturated heterocycles. The van der Waals surface area contributed by atoms with Gasteiger partial charge in [0.05, 0.1) is 5.02 Å². The van der Waals surface area contributed by atoms with Gasteiger partial charge in [0.15, 0.2) is 6.61 Å². The quantitative estimate of drug-likeness (QED) is 0.624. The Kier molecular flexibility index (Phi) is 4.98. The van der Waals surface area contributed by atoms with Crippen molar-refractivity contribution < 1.29 is 14.3 Å². The maximum absolute atomic E-state index is 11.8. The Morgan fingerprint density at radius 3 is 2.74 bits per heavy atom. The number of amides is 1. The monoisotopic (exact) mass is 349 g/mol. The fourth-order valence-electron chi connectivity index (χ4n) is 2.52. The van der Waals surface area contributed by atoms with Crippen LogP contribution in [0.15, 0.2) is 30.3 Å². The van der Waals surface area contributed by atoms with Crippen LogP contribution in [0.1, 0.15) is 17.7 Å². The van der Waals surface area contributed by atoms with Gasteiger partial charge in [0.2, 0.25) is 0 Å². The van der Waals surface area contributed by atoms with Crippen LogP contribution in [0.25, 0.3) is 16.2 Å². The van der Waals surface area contributed by atoms with E-state index in [0.717, 1.165) is 40.9 Å². The number of carbonyl (C=O) groups excluding carboxylic acids is 2. The lowest BCUT2D eigenvalue weighted by molar-refractivity contribution is -0.147. The molecule has 1 amide bonds. The zero-order valence-electron chi connectivity index (χ0n) is 12.5. The molecule has 2 aromatic rings. The molecule has 0 atom stereocenters. The van der Waals surface area contributed by atoms with E-state index in [1.165, 1.54) is 17.4 Å². The lowest BCUT2D eigenvalue weighted by Crippen LogP contribution is -2.31. The summed E-state index contributed by atoms with van der Waals surface area (Å²) in [6, 6.07) is 7.79. The molecule has 0 saturated carbocycles. The van der Waals surface area contributed by atoms with Crippen LogP contribution in [0.3, 0.4) is 0 Å². The number of ether oxygens (including phenoxy) is 1. The van der Waals surface area contributed by atoms with E-state index in [1.807, 2.05) is 24.3 Å². The van der Waals surface area contributed by atoms with Gasteiger partial charge in [-0.2, -0.15) is 0 Å². The van der Waals surface area contributed by atoms with E-state index in [0.29, 0.717) is 5.02 Å². The van der Waals surface area contributed by atoms with E-state index in [-0.39, 0.29) is 12.5 Å². The third kappa shape index (κ3) is 3.74. The number of carbonyl (C=O) groups is 2. The minimum atomic E-state index is -0.536. The Morgan fingerprint density at radius 1 is 1.26 bits per heavy atom. The first-order valence-corrected chi connectivity index (χ1v) is 8.64. The summed E-state index contributed by atoms with van der Waals surface area (Å²) in [4.78, 5) is 26.1. The maximum atomic E-state index is 11.8. The molecule has 0 radical (unpaired) electrons. The third-order valence-corrected chi connectivity index (χ3v) is 5.38. The van der Waals surface area contributed by atoms with Crippen molar-refractivity contribution in [3.05, 3.63) is 40.2 Å². The summed E-state index contributed by atoms with van der Waals surface area (Å²) in [6.07, 6.45) is 4.98. The summed E-state index contributed by atoms with van der Waals surface area (Å²) in [5.41, 5.74) is 0. The van der Waals surface area contributed by atoms with Gasteiger partial charge in [0, 0.05) is 34.1 Å². The predicted molar refractivity (Wildman–Crippen MR) is 92.6 cm³/mol. The summed E-state index contributed by atoms with van der Waals surface area (Å²) in [5, 5.41) is 1.60. The van der Waals surface area contributed by atoms with Crippen molar-refractivity contribution in [2.45, 2.75) is 12.8 Å². The standard InChI is InChI=1S/C17H16ClNO3S/c18-17-12-5-1-2-6-13(12)23-14(17)7-8-16(21)22-11-15(20)19-9-3-4-10-19/h1-2,5-8H,3-4,9-11H2/b8-7+. The fraction of sp³-hybridized carbons (Fsp3) is 0.294. The average Bonchev–Trinajstić information content (AvgIpc) is 3.20. The molecule has 1 aromatic heterocycles. The Morgan fingerprint density at radius 2 is 2.00 bits per heavy atom. The predicted octanol–water partition coefficient (Wildman–Crippen LogP) is 3.73. The minimum Gasteiger partial charge on any atom is -0.452 e. The first-order chi connectivity index (χ1) is 11.1. The molecule has 6 heteroatoms. The van der Waals surface area contributed by atoms with E-state index in [9.17, 15) is 9.59 Å². The van der Waals surface area contributed by atoms with Crippen LogP contribution in [0.5, 0.6) is 0 Å². The number of benzene rings is 1. The number of likely N-dealkylation sites (tertiary alicyclic amines) is 1. The highest BCUT2D eigenvalue weighted by Gasteiger charge is 2.18. The summed E-state index contributed by atoms with van der Waals surface area (Å²) in [7, 11) is 0. The van der Waals surface area contributed by atoms with E-state index >= 15 is 0 Å². The van der Waals surface area contributed by atoms with Crippen LogP contribution in [0, 0.1) is 0 Å². The second kappa shape index (κ2) is 7.15. The van der Waals surface area contributed by atoms with Crippen LogP contribution in [-0.2, 0) is 14.3 Å². The van der Waals surface area contributed by atoms with Crippen molar-refractivity contribution in [3.8, 4) is 0 Å². The van der Waals surface area contributed by atoms with E-state index in [4.69, 9.17) is 16.3 Å². The molecule has 0 aliphatic carbocycles. The summed E-state index contributed by atoms with van der Waals surface area (Å²) in [5.74, 6) is -0.671. The van der Waals surface area contributed by atoms with Crippen molar-refractivity contribution in [2.75, 3.05) is 19.7 Å². The molecule has 2 heterocycles. The van der Waals surface area contributed by atoms with Crippen molar-refractivity contribution in [2.24, 2.45) is 0 Å². The van der Waals surface area contributed by atoms with Crippen LogP contribution in [0.2, 0.25) is 5.02 Å². The molecule has 1 aliphatic heterocycles. The molecule has 120 valence electrons. The zero-order chi connectivity index (χ0) is 16.2. The van der Waals surface area contributed by atoms with Gasteiger partial charge in [-0.1, -0.05) is 29.8 Å². The molecule has 1 fully saturated rings. The Hall–Kier alpha value is -1.85. The molecule has 23 heavy (non-hydrogen) atoms. The van der Waals surface area contributed by atoms with Gasteiger partial charge < -0.3 is 9.64 Å². The van der Waals surface area contributed by atoms with Gasteiger partial charge in [0.1, 0.15) is 0 Å². The molecular formula is C17H16ClNO3S. The van der Waals surface area contributed by atoms with Crippen LogP contribution >= 0.6 is 22.9 Å². The van der Waals surface area contributed by atoms with Crippen molar-refractivity contribution >= 4 is 51.0 Å². The SMILES string of the molecule is O=C(/C=C/c1sc2ccccc2c1Cl)OCC(=O)N1CCCC1. The molecule has 3 rings (SSSR count). The van der Waals surface area contributed by atoms with Gasteiger partial charge >= 0.3 is 5.97 Å². The van der Waals surface area contributed by atoms with E-state index in [2.05, 4.69) is 0 Å². The molecule has 1 aliphatic rings. The lowest BCUT2D eigenvalue weighted by Gasteiger charge is -2.14. The molecule has 1 aromatic carbocycles.